The Balaban J connectivity index is 3.50. The molecule has 0 fully saturated rings. The molecule has 0 saturated heterocycles. The maximum absolute atomic E-state index is 9.69. The zero-order chi connectivity index (χ0) is 6.41. The third-order valence-electron chi connectivity index (χ3n) is 0.687. The van der Waals surface area contributed by atoms with Crippen LogP contribution >= 0.6 is 0 Å². The summed E-state index contributed by atoms with van der Waals surface area (Å²) in [5.41, 5.74) is 0. The van der Waals surface area contributed by atoms with E-state index in [1.807, 2.05) is 0 Å². The van der Waals surface area contributed by atoms with Crippen molar-refractivity contribution in [1.29, 1.82) is 0 Å². The minimum Gasteiger partial charge on any atom is -0.290 e. The highest BCUT2D eigenvalue weighted by molar-refractivity contribution is 5.78. The first kappa shape index (κ1) is 7.08. The summed E-state index contributed by atoms with van der Waals surface area (Å²) in [6.45, 7) is 3.34. The fourth-order valence-corrected chi connectivity index (χ4v) is 0.287. The van der Waals surface area contributed by atoms with Gasteiger partial charge in [-0.1, -0.05) is 6.08 Å². The molecule has 2 nitrogen and oxygen atoms in total. The third-order valence-corrected chi connectivity index (χ3v) is 0.687. The lowest BCUT2D eigenvalue weighted by molar-refractivity contribution is 0.518. The van der Waals surface area contributed by atoms with Gasteiger partial charge in [0.05, 0.1) is 5.92 Å². The molecule has 0 saturated carbocycles. The molecule has 0 unspecified atom stereocenters. The quantitative estimate of drug-likeness (QED) is 0.387. The van der Waals surface area contributed by atoms with Crippen molar-refractivity contribution in [2.24, 2.45) is 5.92 Å². The third kappa shape index (κ3) is 2.29. The summed E-state index contributed by atoms with van der Waals surface area (Å²) in [6.07, 6.45) is 4.84. The molecular formula is C6H6O2. The van der Waals surface area contributed by atoms with Crippen LogP contribution in [0.15, 0.2) is 12.7 Å². The molecule has 42 valence electrons. The van der Waals surface area contributed by atoms with Crippen LogP contribution in [0.4, 0.5) is 0 Å². The van der Waals surface area contributed by atoms with E-state index in [1.165, 1.54) is 18.6 Å². The van der Waals surface area contributed by atoms with Gasteiger partial charge in [0.1, 0.15) is 0 Å². The molecule has 0 aromatic rings. The Morgan fingerprint density at radius 3 is 2.12 bits per heavy atom. The van der Waals surface area contributed by atoms with Crippen LogP contribution in [0.1, 0.15) is 6.42 Å². The van der Waals surface area contributed by atoms with E-state index in [0.717, 1.165) is 0 Å². The van der Waals surface area contributed by atoms with Gasteiger partial charge in [-0.3, -0.25) is 9.59 Å². The Morgan fingerprint density at radius 2 is 2.00 bits per heavy atom. The molecule has 0 bridgehead atoms. The largest absolute Gasteiger partial charge is 0.290 e. The summed E-state index contributed by atoms with van der Waals surface area (Å²) < 4.78 is 0. The van der Waals surface area contributed by atoms with Gasteiger partial charge in [0, 0.05) is 0 Å². The lowest BCUT2D eigenvalue weighted by atomic mass is 10.1. The van der Waals surface area contributed by atoms with E-state index < -0.39 is 5.92 Å². The first-order valence-corrected chi connectivity index (χ1v) is 2.21. The van der Waals surface area contributed by atoms with E-state index in [-0.39, 0.29) is 0 Å². The molecule has 8 heavy (non-hydrogen) atoms. The molecule has 2 radical (unpaired) electrons. The molecule has 0 amide bonds. The zero-order valence-corrected chi connectivity index (χ0v) is 4.39. The first-order chi connectivity index (χ1) is 3.85. The minimum absolute atomic E-state index is 0.340. The average Bonchev–Trinajstić information content (AvgIpc) is 1.83. The van der Waals surface area contributed by atoms with Gasteiger partial charge in [-0.05, 0) is 6.42 Å². The molecule has 0 atom stereocenters. The summed E-state index contributed by atoms with van der Waals surface area (Å²) in [4.78, 5) is 19.4. The standard InChI is InChI=1S/C6H6O2/c1-2-3-6(4-7)5-8/h2,6H,1,3H2. The van der Waals surface area contributed by atoms with Gasteiger partial charge in [0.25, 0.3) is 0 Å². The van der Waals surface area contributed by atoms with E-state index in [0.29, 0.717) is 6.42 Å². The topological polar surface area (TPSA) is 34.1 Å². The molecule has 0 heterocycles. The van der Waals surface area contributed by atoms with Crippen LogP contribution in [0.3, 0.4) is 0 Å². The van der Waals surface area contributed by atoms with Crippen LogP contribution in [0.5, 0.6) is 0 Å². The van der Waals surface area contributed by atoms with Gasteiger partial charge < -0.3 is 0 Å². The first-order valence-electron chi connectivity index (χ1n) is 2.21. The van der Waals surface area contributed by atoms with Gasteiger partial charge in [0.2, 0.25) is 12.6 Å². The predicted molar refractivity (Wildman–Crippen MR) is 29.7 cm³/mol. The normalized spacial score (nSPS) is 8.62. The Bertz CT molecular complexity index is 88.7. The molecule has 2 heteroatoms. The van der Waals surface area contributed by atoms with Gasteiger partial charge in [-0.15, -0.1) is 6.58 Å². The lowest BCUT2D eigenvalue weighted by Crippen LogP contribution is -1.99. The van der Waals surface area contributed by atoms with E-state index in [1.54, 1.807) is 0 Å². The Labute approximate surface area is 48.2 Å². The number of allylic oxidation sites excluding steroid dienone is 1. The molecule has 0 N–H and O–H groups in total. The van der Waals surface area contributed by atoms with Gasteiger partial charge in [-0.25, -0.2) is 0 Å². The van der Waals surface area contributed by atoms with Crippen LogP contribution in [0.2, 0.25) is 0 Å². The molecule has 0 spiro atoms. The number of carbonyl (C=O) groups excluding carboxylic acids is 2. The van der Waals surface area contributed by atoms with Crippen molar-refractivity contribution in [2.45, 2.75) is 6.42 Å². The van der Waals surface area contributed by atoms with E-state index >= 15 is 0 Å². The fraction of sp³-hybridized carbons (Fsp3) is 0.333. The highest BCUT2D eigenvalue weighted by Crippen LogP contribution is 1.93. The van der Waals surface area contributed by atoms with Crippen molar-refractivity contribution >= 4 is 12.6 Å². The predicted octanol–water partition coefficient (Wildman–Crippen LogP) is 0.398. The van der Waals surface area contributed by atoms with E-state index in [4.69, 9.17) is 0 Å². The van der Waals surface area contributed by atoms with Crippen molar-refractivity contribution in [3.8, 4) is 0 Å². The second kappa shape index (κ2) is 4.24. The SMILES string of the molecule is C=CCC([C]=O)[C]=O. The highest BCUT2D eigenvalue weighted by atomic mass is 16.1. The van der Waals surface area contributed by atoms with E-state index in [2.05, 4.69) is 6.58 Å². The summed E-state index contributed by atoms with van der Waals surface area (Å²) in [7, 11) is 0. The van der Waals surface area contributed by atoms with Crippen LogP contribution in [-0.2, 0) is 9.59 Å². The molecule has 0 aromatic heterocycles. The van der Waals surface area contributed by atoms with Gasteiger partial charge in [-0.2, -0.15) is 0 Å². The summed E-state index contributed by atoms with van der Waals surface area (Å²) in [5, 5.41) is 0. The van der Waals surface area contributed by atoms with Crippen LogP contribution in [0, 0.1) is 5.92 Å². The monoisotopic (exact) mass is 110 g/mol. The van der Waals surface area contributed by atoms with Crippen LogP contribution < -0.4 is 0 Å². The van der Waals surface area contributed by atoms with Crippen molar-refractivity contribution in [3.63, 3.8) is 0 Å². The minimum atomic E-state index is -0.729. The number of rotatable bonds is 4. The van der Waals surface area contributed by atoms with E-state index in [9.17, 15) is 9.59 Å². The number of hydrogen-bond donors (Lipinski definition) is 0. The Morgan fingerprint density at radius 1 is 1.50 bits per heavy atom. The van der Waals surface area contributed by atoms with Gasteiger partial charge in [0.15, 0.2) is 0 Å². The average molecular weight is 110 g/mol. The Kier molecular flexibility index (Phi) is 3.76. The zero-order valence-electron chi connectivity index (χ0n) is 4.39. The Hall–Kier alpha value is -0.920. The number of hydrogen-bond acceptors (Lipinski definition) is 2. The second-order valence-corrected chi connectivity index (χ2v) is 1.31. The molecule has 0 aromatic carbocycles. The maximum atomic E-state index is 9.69. The van der Waals surface area contributed by atoms with Crippen LogP contribution in [0.25, 0.3) is 0 Å². The lowest BCUT2D eigenvalue weighted by Gasteiger charge is -1.87. The van der Waals surface area contributed by atoms with Crippen molar-refractivity contribution < 1.29 is 9.59 Å². The highest BCUT2D eigenvalue weighted by Gasteiger charge is 2.02. The molecule has 0 rings (SSSR count). The summed E-state index contributed by atoms with van der Waals surface area (Å²) >= 11 is 0. The van der Waals surface area contributed by atoms with Crippen molar-refractivity contribution in [1.82, 2.24) is 0 Å². The van der Waals surface area contributed by atoms with Crippen LogP contribution in [-0.4, -0.2) is 12.6 Å². The molecular weight excluding hydrogens is 104 g/mol. The molecule has 0 aliphatic rings. The van der Waals surface area contributed by atoms with Gasteiger partial charge >= 0.3 is 0 Å². The molecule has 0 aliphatic heterocycles. The molecule has 0 aliphatic carbocycles. The van der Waals surface area contributed by atoms with Crippen molar-refractivity contribution in [3.05, 3.63) is 12.7 Å². The second-order valence-electron chi connectivity index (χ2n) is 1.31. The van der Waals surface area contributed by atoms with Crippen molar-refractivity contribution in [2.75, 3.05) is 0 Å². The smallest absolute Gasteiger partial charge is 0.210 e. The fourth-order valence-electron chi connectivity index (χ4n) is 0.287. The summed E-state index contributed by atoms with van der Waals surface area (Å²) in [5.74, 6) is -0.729. The summed E-state index contributed by atoms with van der Waals surface area (Å²) in [6, 6.07) is 0. The maximum Gasteiger partial charge on any atom is 0.210 e.